The molecule has 0 saturated carbocycles. The van der Waals surface area contributed by atoms with E-state index in [0.29, 0.717) is 46.1 Å². The van der Waals surface area contributed by atoms with Crippen molar-refractivity contribution in [1.29, 1.82) is 0 Å². The van der Waals surface area contributed by atoms with E-state index in [1.54, 1.807) is 36.4 Å². The molecule has 1 aliphatic carbocycles. The molecule has 11 nitrogen and oxygen atoms in total. The number of alkyl carbamates (subject to hydrolysis) is 1. The number of aryl methyl sites for hydroxylation is 1. The molecule has 2 unspecified atom stereocenters. The maximum absolute atomic E-state index is 14.3. The molecule has 0 aliphatic heterocycles. The number of rotatable bonds is 13. The number of amides is 4. The van der Waals surface area contributed by atoms with Crippen LogP contribution < -0.4 is 26.4 Å². The van der Waals surface area contributed by atoms with E-state index in [0.717, 1.165) is 16.6 Å². The Morgan fingerprint density at radius 3 is 2.36 bits per heavy atom. The van der Waals surface area contributed by atoms with Gasteiger partial charge in [-0.05, 0) is 48.4 Å². The number of halogens is 2. The molecule has 0 fully saturated rings. The summed E-state index contributed by atoms with van der Waals surface area (Å²) in [6, 6.07) is 8.54. The lowest BCUT2D eigenvalue weighted by molar-refractivity contribution is -0.137. The zero-order chi connectivity index (χ0) is 34.5. The molecule has 0 radical (unpaired) electrons. The third-order valence-corrected chi connectivity index (χ3v) is 9.74. The lowest BCUT2D eigenvalue weighted by Crippen LogP contribution is -2.67. The number of carbonyl (C=O) groups excluding carboxylic acids is 4. The van der Waals surface area contributed by atoms with Gasteiger partial charge in [-0.3, -0.25) is 14.4 Å². The molecule has 1 aromatic heterocycles. The van der Waals surface area contributed by atoms with Gasteiger partial charge >= 0.3 is 6.09 Å². The first-order valence-corrected chi connectivity index (χ1v) is 16.6. The Kier molecular flexibility index (Phi) is 11.7. The molecule has 254 valence electrons. The number of aromatic nitrogens is 1. The number of H-pyrrole nitrogens is 1. The van der Waals surface area contributed by atoms with Gasteiger partial charge in [0.05, 0.1) is 17.6 Å². The molecule has 47 heavy (non-hydrogen) atoms. The fourth-order valence-corrected chi connectivity index (χ4v) is 6.53. The van der Waals surface area contributed by atoms with E-state index in [9.17, 15) is 19.2 Å². The van der Waals surface area contributed by atoms with E-state index in [-0.39, 0.29) is 31.3 Å². The van der Waals surface area contributed by atoms with E-state index in [4.69, 9.17) is 38.4 Å². The van der Waals surface area contributed by atoms with Gasteiger partial charge in [-0.2, -0.15) is 0 Å². The predicted molar refractivity (Wildman–Crippen MR) is 181 cm³/mol. The summed E-state index contributed by atoms with van der Waals surface area (Å²) in [5.41, 5.74) is 7.19. The smallest absolute Gasteiger partial charge is 0.408 e. The zero-order valence-corrected chi connectivity index (χ0v) is 28.8. The number of nitrogens with one attached hydrogen (secondary N) is 4. The van der Waals surface area contributed by atoms with E-state index in [1.165, 1.54) is 7.11 Å². The average Bonchev–Trinajstić information content (AvgIpc) is 3.41. The van der Waals surface area contributed by atoms with Crippen molar-refractivity contribution in [2.24, 2.45) is 17.6 Å². The number of primary amides is 1. The SMILES string of the molecule is CC[C@H](C)C(NC(=O)[C@@]1(NC(=O)C(NC(=O)OCc2ccccc2OC)[C@@H](C)CC)CCc2[nH]c3c(Cl)cc(Cl)cc3c2C1)C(N)=O. The highest BCUT2D eigenvalue weighted by Gasteiger charge is 2.46. The third-order valence-electron chi connectivity index (χ3n) is 9.22. The van der Waals surface area contributed by atoms with Crippen molar-refractivity contribution < 1.29 is 28.7 Å². The highest BCUT2D eigenvalue weighted by atomic mass is 35.5. The van der Waals surface area contributed by atoms with Crippen LogP contribution in [0.2, 0.25) is 10.0 Å². The summed E-state index contributed by atoms with van der Waals surface area (Å²) in [4.78, 5) is 57.2. The van der Waals surface area contributed by atoms with Crippen LogP contribution in [-0.4, -0.2) is 53.5 Å². The summed E-state index contributed by atoms with van der Waals surface area (Å²) in [5, 5.41) is 10.1. The Bertz CT molecular complexity index is 1640. The monoisotopic (exact) mass is 687 g/mol. The van der Waals surface area contributed by atoms with Crippen LogP contribution in [-0.2, 0) is 38.6 Å². The molecular weight excluding hydrogens is 645 g/mol. The molecule has 4 amide bonds. The first kappa shape index (κ1) is 35.9. The van der Waals surface area contributed by atoms with Gasteiger partial charge in [-0.15, -0.1) is 0 Å². The number of fused-ring (bicyclic) bond motifs is 3. The second-order valence-electron chi connectivity index (χ2n) is 12.3. The fourth-order valence-electron chi connectivity index (χ4n) is 5.99. The van der Waals surface area contributed by atoms with Gasteiger partial charge in [-0.25, -0.2) is 4.79 Å². The van der Waals surface area contributed by atoms with Crippen molar-refractivity contribution in [1.82, 2.24) is 20.9 Å². The number of hydrogen-bond donors (Lipinski definition) is 5. The van der Waals surface area contributed by atoms with Crippen molar-refractivity contribution in [3.05, 3.63) is 63.3 Å². The van der Waals surface area contributed by atoms with Crippen LogP contribution in [0.5, 0.6) is 5.75 Å². The van der Waals surface area contributed by atoms with Crippen LogP contribution in [0.15, 0.2) is 36.4 Å². The van der Waals surface area contributed by atoms with Crippen LogP contribution in [0.1, 0.15) is 63.8 Å². The number of hydrogen-bond acceptors (Lipinski definition) is 6. The molecular formula is C34H43Cl2N5O6. The van der Waals surface area contributed by atoms with E-state index in [2.05, 4.69) is 20.9 Å². The lowest BCUT2D eigenvalue weighted by Gasteiger charge is -2.39. The number of ether oxygens (including phenoxy) is 2. The summed E-state index contributed by atoms with van der Waals surface area (Å²) in [6.45, 7) is 7.36. The normalized spacial score (nSPS) is 18.3. The Morgan fingerprint density at radius 1 is 1.02 bits per heavy atom. The Hall–Kier alpha value is -3.96. The molecule has 0 spiro atoms. The minimum atomic E-state index is -1.50. The number of para-hydroxylation sites is 1. The number of benzene rings is 2. The molecule has 6 N–H and O–H groups in total. The molecule has 0 bridgehead atoms. The van der Waals surface area contributed by atoms with Crippen LogP contribution in [0.4, 0.5) is 4.79 Å². The standard InChI is InChI=1S/C34H43Cl2N5O6/c1-6-18(3)27(30(37)42)39-32(44)34(13-12-25-23(16-34)22-14-21(35)15-24(36)29(22)38-25)41-31(43)28(19(4)7-2)40-33(45)47-17-20-10-8-9-11-26(20)46-5/h8-11,14-15,18-19,27-28,38H,6-7,12-13,16-17H2,1-5H3,(H2,37,42)(H,39,44)(H,40,45)(H,41,43)/t18-,19-,27?,28?,34+/m0/s1. The quantitative estimate of drug-likeness (QED) is 0.166. The van der Waals surface area contributed by atoms with Gasteiger partial charge in [0.2, 0.25) is 17.7 Å². The Balaban J connectivity index is 1.65. The predicted octanol–water partition coefficient (Wildman–Crippen LogP) is 5.18. The van der Waals surface area contributed by atoms with Crippen molar-refractivity contribution in [3.8, 4) is 5.75 Å². The molecule has 5 atom stereocenters. The average molecular weight is 689 g/mol. The first-order valence-electron chi connectivity index (χ1n) is 15.8. The second-order valence-corrected chi connectivity index (χ2v) is 13.1. The van der Waals surface area contributed by atoms with Crippen LogP contribution in [0, 0.1) is 11.8 Å². The maximum atomic E-state index is 14.3. The molecule has 4 rings (SSSR count). The number of carbonyl (C=O) groups is 4. The van der Waals surface area contributed by atoms with E-state index in [1.807, 2.05) is 27.7 Å². The van der Waals surface area contributed by atoms with Gasteiger partial charge in [0.15, 0.2) is 0 Å². The maximum Gasteiger partial charge on any atom is 0.408 e. The van der Waals surface area contributed by atoms with Gasteiger partial charge in [0.1, 0.15) is 30.0 Å². The first-order chi connectivity index (χ1) is 22.3. The highest BCUT2D eigenvalue weighted by Crippen LogP contribution is 2.38. The Labute approximate surface area is 284 Å². The van der Waals surface area contributed by atoms with E-state index < -0.39 is 41.4 Å². The minimum Gasteiger partial charge on any atom is -0.496 e. The molecule has 2 aromatic carbocycles. The van der Waals surface area contributed by atoms with Crippen molar-refractivity contribution in [2.45, 2.75) is 84.0 Å². The van der Waals surface area contributed by atoms with Gasteiger partial charge in [-0.1, -0.05) is 81.9 Å². The third kappa shape index (κ3) is 7.96. The molecule has 1 heterocycles. The van der Waals surface area contributed by atoms with Crippen molar-refractivity contribution in [3.63, 3.8) is 0 Å². The Morgan fingerprint density at radius 2 is 1.70 bits per heavy atom. The topological polar surface area (TPSA) is 165 Å². The molecule has 0 saturated heterocycles. The van der Waals surface area contributed by atoms with Crippen LogP contribution in [0.25, 0.3) is 10.9 Å². The highest BCUT2D eigenvalue weighted by molar-refractivity contribution is 6.38. The van der Waals surface area contributed by atoms with Crippen LogP contribution in [0.3, 0.4) is 0 Å². The fraction of sp³-hybridized carbons (Fsp3) is 0.471. The molecule has 3 aromatic rings. The minimum absolute atomic E-state index is 0.0738. The zero-order valence-electron chi connectivity index (χ0n) is 27.3. The molecule has 13 heteroatoms. The van der Waals surface area contributed by atoms with Gasteiger partial charge in [0, 0.05) is 28.1 Å². The number of aromatic amines is 1. The summed E-state index contributed by atoms with van der Waals surface area (Å²) in [7, 11) is 1.52. The van der Waals surface area contributed by atoms with Crippen LogP contribution >= 0.6 is 23.2 Å². The van der Waals surface area contributed by atoms with Crippen molar-refractivity contribution >= 4 is 57.9 Å². The summed E-state index contributed by atoms with van der Waals surface area (Å²) in [5.74, 6) is -1.80. The number of methoxy groups -OCH3 is 1. The van der Waals surface area contributed by atoms with Gasteiger partial charge < -0.3 is 36.1 Å². The van der Waals surface area contributed by atoms with E-state index >= 15 is 0 Å². The van der Waals surface area contributed by atoms with Crippen molar-refractivity contribution in [2.75, 3.05) is 7.11 Å². The second kappa shape index (κ2) is 15.3. The largest absolute Gasteiger partial charge is 0.496 e. The summed E-state index contributed by atoms with van der Waals surface area (Å²) >= 11 is 12.9. The molecule has 1 aliphatic rings. The number of nitrogens with two attached hydrogens (primary N) is 1. The van der Waals surface area contributed by atoms with Gasteiger partial charge in [0.25, 0.3) is 0 Å². The summed E-state index contributed by atoms with van der Waals surface area (Å²) in [6.07, 6.45) is 1.01. The summed E-state index contributed by atoms with van der Waals surface area (Å²) < 4.78 is 10.8. The lowest BCUT2D eigenvalue weighted by atomic mass is 9.78.